The molecule has 0 unspecified atom stereocenters. The first-order valence-corrected chi connectivity index (χ1v) is 10.8. The molecule has 0 aliphatic rings. The van der Waals surface area contributed by atoms with Crippen LogP contribution in [0.25, 0.3) is 0 Å². The topological polar surface area (TPSA) is 55.1 Å². The van der Waals surface area contributed by atoms with Gasteiger partial charge in [-0.1, -0.05) is 37.0 Å². The maximum absolute atomic E-state index is 12.5. The summed E-state index contributed by atoms with van der Waals surface area (Å²) >= 11 is 11.9. The molecule has 0 saturated heterocycles. The summed E-state index contributed by atoms with van der Waals surface area (Å²) in [6.07, 6.45) is 2.03. The van der Waals surface area contributed by atoms with Crippen LogP contribution >= 0.6 is 23.2 Å². The summed E-state index contributed by atoms with van der Waals surface area (Å²) in [4.78, 5) is 18.7. The molecule has 0 heterocycles. The number of hydrogen-bond acceptors (Lipinski definition) is 3. The highest BCUT2D eigenvalue weighted by atomic mass is 35.5. The average Bonchev–Trinajstić information content (AvgIpc) is 2.65. The number of halogens is 2. The third-order valence-electron chi connectivity index (χ3n) is 4.45. The number of nitrogens with zero attached hydrogens (tertiary/aromatic N) is 1. The zero-order valence-electron chi connectivity index (χ0n) is 17.6. The molecule has 1 aromatic carbocycles. The van der Waals surface area contributed by atoms with Crippen LogP contribution in [0, 0.1) is 5.92 Å². The van der Waals surface area contributed by atoms with Gasteiger partial charge >= 0.3 is 0 Å². The number of nitrogens with one attached hydrogen (secondary N) is 2. The van der Waals surface area contributed by atoms with Crippen LogP contribution in [-0.2, 0) is 4.74 Å². The van der Waals surface area contributed by atoms with Crippen LogP contribution in [0.3, 0.4) is 0 Å². The van der Waals surface area contributed by atoms with E-state index in [9.17, 15) is 4.79 Å². The fraction of sp³-hybridized carbons (Fsp3) is 0.619. The van der Waals surface area contributed by atoms with E-state index in [4.69, 9.17) is 27.9 Å². The summed E-state index contributed by atoms with van der Waals surface area (Å²) in [5.41, 5.74) is 0.410. The quantitative estimate of drug-likeness (QED) is 0.437. The van der Waals surface area contributed by atoms with Crippen LogP contribution in [0.5, 0.6) is 0 Å². The van der Waals surface area contributed by atoms with E-state index in [1.165, 1.54) is 6.07 Å². The van der Waals surface area contributed by atoms with Gasteiger partial charge in [-0.15, -0.1) is 0 Å². The van der Waals surface area contributed by atoms with Crippen LogP contribution in [-0.4, -0.2) is 44.2 Å². The number of amides is 1. The van der Waals surface area contributed by atoms with E-state index in [0.29, 0.717) is 28.1 Å². The molecule has 0 fully saturated rings. The van der Waals surface area contributed by atoms with Crippen molar-refractivity contribution in [2.45, 2.75) is 53.5 Å². The molecule has 0 aliphatic heterocycles. The van der Waals surface area contributed by atoms with Gasteiger partial charge in [0.2, 0.25) is 0 Å². The van der Waals surface area contributed by atoms with Gasteiger partial charge in [-0.3, -0.25) is 10.1 Å². The van der Waals surface area contributed by atoms with Crippen LogP contribution < -0.4 is 10.2 Å². The minimum Gasteiger partial charge on any atom is -0.465 e. The minimum atomic E-state index is -0.319. The molecule has 1 aromatic rings. The molecular weight excluding hydrogens is 397 g/mol. The Hall–Kier alpha value is -1.30. The highest BCUT2D eigenvalue weighted by Gasteiger charge is 2.14. The molecule has 2 N–H and O–H groups in total. The molecular formula is C21H34Cl2N3O2+. The van der Waals surface area contributed by atoms with E-state index in [-0.39, 0.29) is 18.0 Å². The Labute approximate surface area is 179 Å². The van der Waals surface area contributed by atoms with E-state index in [2.05, 4.69) is 38.0 Å². The molecule has 0 bridgehead atoms. The summed E-state index contributed by atoms with van der Waals surface area (Å²) in [6, 6.07) is 5.08. The number of benzene rings is 1. The van der Waals surface area contributed by atoms with Gasteiger partial charge in [0.05, 0.1) is 42.3 Å². The lowest BCUT2D eigenvalue weighted by atomic mass is 10.2. The van der Waals surface area contributed by atoms with E-state index < -0.39 is 0 Å². The lowest BCUT2D eigenvalue weighted by Gasteiger charge is -2.17. The van der Waals surface area contributed by atoms with E-state index in [0.717, 1.165) is 32.5 Å². The molecule has 5 nitrogen and oxygen atoms in total. The monoisotopic (exact) mass is 430 g/mol. The van der Waals surface area contributed by atoms with Crippen LogP contribution in [0.4, 0.5) is 0 Å². The number of amidine groups is 1. The fourth-order valence-electron chi connectivity index (χ4n) is 2.67. The first-order valence-electron chi connectivity index (χ1n) is 10.1. The normalized spacial score (nSPS) is 13.1. The number of rotatable bonds is 10. The van der Waals surface area contributed by atoms with Gasteiger partial charge in [-0.05, 0) is 57.7 Å². The van der Waals surface area contributed by atoms with Crippen molar-refractivity contribution in [3.8, 4) is 0 Å². The van der Waals surface area contributed by atoms with Crippen molar-refractivity contribution in [3.05, 3.63) is 33.8 Å². The van der Waals surface area contributed by atoms with Gasteiger partial charge in [0.1, 0.15) is 0 Å². The zero-order chi connectivity index (χ0) is 21.1. The molecule has 158 valence electrons. The standard InChI is InChI=1S/C21H33Cl2N3O2/c1-6-26(7-2)12-8-9-16(5)24-21(28-14-15(3)4)25-20(27)17-10-11-18(22)19(23)13-17/h10-11,13,15-16H,6-9,12,14H2,1-5H3,(H,24,25,27)/p+1/t16-/m1/s1. The smallest absolute Gasteiger partial charge is 0.291 e. The predicted molar refractivity (Wildman–Crippen MR) is 118 cm³/mol. The molecule has 0 saturated carbocycles. The number of carbonyl (C=O) groups is 1. The Morgan fingerprint density at radius 1 is 1.18 bits per heavy atom. The Morgan fingerprint density at radius 3 is 2.43 bits per heavy atom. The molecule has 1 amide bonds. The summed E-state index contributed by atoms with van der Waals surface area (Å²) in [5.74, 6) is 0.00881. The summed E-state index contributed by atoms with van der Waals surface area (Å²) < 4.78 is 5.74. The number of quaternary nitrogens is 1. The van der Waals surface area contributed by atoms with Crippen molar-refractivity contribution in [1.29, 1.82) is 0 Å². The molecule has 28 heavy (non-hydrogen) atoms. The lowest BCUT2D eigenvalue weighted by Crippen LogP contribution is -3.11. The van der Waals surface area contributed by atoms with Gasteiger partial charge in [0, 0.05) is 5.56 Å². The Kier molecular flexibility index (Phi) is 11.5. The van der Waals surface area contributed by atoms with Gasteiger partial charge in [0.25, 0.3) is 11.9 Å². The Balaban J connectivity index is 2.75. The third-order valence-corrected chi connectivity index (χ3v) is 5.18. The molecule has 7 heteroatoms. The zero-order valence-corrected chi connectivity index (χ0v) is 19.2. The highest BCUT2D eigenvalue weighted by molar-refractivity contribution is 6.42. The number of ether oxygens (including phenoxy) is 1. The molecule has 1 rings (SSSR count). The van der Waals surface area contributed by atoms with Gasteiger partial charge in [-0.25, -0.2) is 4.99 Å². The van der Waals surface area contributed by atoms with Crippen molar-refractivity contribution in [1.82, 2.24) is 5.32 Å². The molecule has 0 aliphatic carbocycles. The average molecular weight is 431 g/mol. The fourth-order valence-corrected chi connectivity index (χ4v) is 2.97. The maximum atomic E-state index is 12.5. The number of carbonyl (C=O) groups excluding carboxylic acids is 1. The van der Waals surface area contributed by atoms with Crippen molar-refractivity contribution < 1.29 is 14.4 Å². The van der Waals surface area contributed by atoms with Crippen LogP contribution in [0.2, 0.25) is 10.0 Å². The highest BCUT2D eigenvalue weighted by Crippen LogP contribution is 2.22. The second kappa shape index (κ2) is 13.0. The summed E-state index contributed by atoms with van der Waals surface area (Å²) in [6.45, 7) is 14.4. The number of aliphatic imine (C=N–C) groups is 1. The molecule has 0 radical (unpaired) electrons. The molecule has 0 spiro atoms. The van der Waals surface area contributed by atoms with Crippen molar-refractivity contribution in [2.24, 2.45) is 10.9 Å². The van der Waals surface area contributed by atoms with Crippen molar-refractivity contribution >= 4 is 35.1 Å². The second-order valence-electron chi connectivity index (χ2n) is 7.42. The van der Waals surface area contributed by atoms with E-state index in [1.807, 2.05) is 6.92 Å². The maximum Gasteiger partial charge on any atom is 0.291 e. The van der Waals surface area contributed by atoms with Gasteiger partial charge in [0.15, 0.2) is 0 Å². The van der Waals surface area contributed by atoms with Crippen molar-refractivity contribution in [3.63, 3.8) is 0 Å². The van der Waals surface area contributed by atoms with Crippen LogP contribution in [0.1, 0.15) is 57.8 Å². The van der Waals surface area contributed by atoms with E-state index in [1.54, 1.807) is 17.0 Å². The van der Waals surface area contributed by atoms with Crippen molar-refractivity contribution in [2.75, 3.05) is 26.2 Å². The largest absolute Gasteiger partial charge is 0.465 e. The third kappa shape index (κ3) is 9.26. The predicted octanol–water partition coefficient (Wildman–Crippen LogP) is 3.85. The first-order chi connectivity index (χ1) is 13.3. The molecule has 1 atom stereocenters. The molecule has 0 aromatic heterocycles. The SMILES string of the molecule is CC[NH+](CC)CCC[C@@H](C)N=C(NC(=O)c1ccc(Cl)c(Cl)c1)OCC(C)C. The van der Waals surface area contributed by atoms with Gasteiger partial charge in [-0.2, -0.15) is 0 Å². The lowest BCUT2D eigenvalue weighted by molar-refractivity contribution is -0.896. The Bertz CT molecular complexity index is 647. The number of hydrogen-bond donors (Lipinski definition) is 2. The van der Waals surface area contributed by atoms with E-state index >= 15 is 0 Å². The minimum absolute atomic E-state index is 0.0613. The summed E-state index contributed by atoms with van der Waals surface area (Å²) in [7, 11) is 0. The summed E-state index contributed by atoms with van der Waals surface area (Å²) in [5, 5.41) is 3.52. The van der Waals surface area contributed by atoms with Crippen LogP contribution in [0.15, 0.2) is 23.2 Å². The second-order valence-corrected chi connectivity index (χ2v) is 8.23. The first kappa shape index (κ1) is 24.7. The Morgan fingerprint density at radius 2 is 1.86 bits per heavy atom. The van der Waals surface area contributed by atoms with Gasteiger partial charge < -0.3 is 9.64 Å².